The molecule has 2 nitrogen and oxygen atoms in total. The lowest BCUT2D eigenvalue weighted by Gasteiger charge is -2.22. The molecule has 1 fully saturated rings. The van der Waals surface area contributed by atoms with Crippen molar-refractivity contribution in [2.75, 3.05) is 0 Å². The van der Waals surface area contributed by atoms with Crippen LogP contribution in [0, 0.1) is 0 Å². The molecule has 18 heavy (non-hydrogen) atoms. The Morgan fingerprint density at radius 1 is 1.17 bits per heavy atom. The van der Waals surface area contributed by atoms with Gasteiger partial charge in [-0.1, -0.05) is 20.8 Å². The highest BCUT2D eigenvalue weighted by Crippen LogP contribution is 2.37. The van der Waals surface area contributed by atoms with Crippen LogP contribution in [0.3, 0.4) is 0 Å². The van der Waals surface area contributed by atoms with Crippen LogP contribution in [0.5, 0.6) is 5.75 Å². The first-order chi connectivity index (χ1) is 8.18. The molecule has 0 aliphatic heterocycles. The minimum atomic E-state index is -4.42. The van der Waals surface area contributed by atoms with Crippen LogP contribution in [0.4, 0.5) is 13.2 Å². The van der Waals surface area contributed by atoms with Gasteiger partial charge in [-0.05, 0) is 25.0 Å². The third-order valence-corrected chi connectivity index (χ3v) is 2.68. The van der Waals surface area contributed by atoms with E-state index >= 15 is 0 Å². The van der Waals surface area contributed by atoms with Gasteiger partial charge in [0.2, 0.25) is 0 Å². The maximum atomic E-state index is 12.7. The first-order valence-electron chi connectivity index (χ1n) is 5.93. The topological polar surface area (TPSA) is 22.1 Å². The van der Waals surface area contributed by atoms with Crippen molar-refractivity contribution in [3.8, 4) is 5.75 Å². The van der Waals surface area contributed by atoms with E-state index in [0.29, 0.717) is 11.4 Å². The number of hydrogen-bond acceptors (Lipinski definition) is 2. The van der Waals surface area contributed by atoms with E-state index in [4.69, 9.17) is 4.74 Å². The average Bonchev–Trinajstić information content (AvgIpc) is 2.98. The van der Waals surface area contributed by atoms with Gasteiger partial charge in [-0.15, -0.1) is 0 Å². The van der Waals surface area contributed by atoms with Crippen LogP contribution in [0.15, 0.2) is 12.1 Å². The molecule has 0 aromatic carbocycles. The van der Waals surface area contributed by atoms with Gasteiger partial charge < -0.3 is 4.74 Å². The van der Waals surface area contributed by atoms with Gasteiger partial charge in [0, 0.05) is 5.41 Å². The van der Waals surface area contributed by atoms with Gasteiger partial charge in [0.05, 0.1) is 11.8 Å². The highest BCUT2D eigenvalue weighted by Gasteiger charge is 2.35. The molecule has 1 heterocycles. The highest BCUT2D eigenvalue weighted by molar-refractivity contribution is 5.35. The molecule has 0 spiro atoms. The molecule has 0 radical (unpaired) electrons. The standard InChI is InChI=1S/C13H16F3NO/c1-12(2,3)11-9(18-8-4-5-8)6-7-10(17-11)13(14,15)16/h6-8H,4-5H2,1-3H3. The second kappa shape index (κ2) is 4.14. The molecule has 1 aromatic rings. The predicted molar refractivity (Wildman–Crippen MR) is 61.6 cm³/mol. The fourth-order valence-corrected chi connectivity index (χ4v) is 1.60. The van der Waals surface area contributed by atoms with Crippen LogP contribution in [0.2, 0.25) is 0 Å². The van der Waals surface area contributed by atoms with Crippen molar-refractivity contribution in [3.05, 3.63) is 23.5 Å². The molecule has 0 unspecified atom stereocenters. The van der Waals surface area contributed by atoms with Crippen molar-refractivity contribution in [2.45, 2.75) is 51.3 Å². The number of pyridine rings is 1. The second-order valence-electron chi connectivity index (χ2n) is 5.61. The Hall–Kier alpha value is -1.26. The Morgan fingerprint density at radius 3 is 2.22 bits per heavy atom. The maximum Gasteiger partial charge on any atom is 0.433 e. The molecular formula is C13H16F3NO. The first-order valence-corrected chi connectivity index (χ1v) is 5.93. The first kappa shape index (κ1) is 13.2. The van der Waals surface area contributed by atoms with Crippen LogP contribution >= 0.6 is 0 Å². The van der Waals surface area contributed by atoms with E-state index in [9.17, 15) is 13.2 Å². The summed E-state index contributed by atoms with van der Waals surface area (Å²) in [6.45, 7) is 5.49. The third-order valence-electron chi connectivity index (χ3n) is 2.68. The third kappa shape index (κ3) is 2.94. The summed E-state index contributed by atoms with van der Waals surface area (Å²) in [6, 6.07) is 2.36. The molecule has 5 heteroatoms. The number of rotatable bonds is 2. The van der Waals surface area contributed by atoms with Gasteiger partial charge in [0.25, 0.3) is 0 Å². The van der Waals surface area contributed by atoms with Gasteiger partial charge in [-0.25, -0.2) is 4.98 Å². The molecule has 0 saturated heterocycles. The van der Waals surface area contributed by atoms with Crippen molar-refractivity contribution in [2.24, 2.45) is 0 Å². The van der Waals surface area contributed by atoms with Gasteiger partial charge in [-0.2, -0.15) is 13.2 Å². The zero-order valence-corrected chi connectivity index (χ0v) is 10.6. The number of ether oxygens (including phenoxy) is 1. The van der Waals surface area contributed by atoms with E-state index in [2.05, 4.69) is 4.98 Å². The molecule has 0 amide bonds. The van der Waals surface area contributed by atoms with Gasteiger partial charge in [0.15, 0.2) is 0 Å². The fourth-order valence-electron chi connectivity index (χ4n) is 1.60. The molecule has 1 aliphatic carbocycles. The van der Waals surface area contributed by atoms with E-state index in [0.717, 1.165) is 18.9 Å². The summed E-state index contributed by atoms with van der Waals surface area (Å²) in [7, 11) is 0. The maximum absolute atomic E-state index is 12.7. The lowest BCUT2D eigenvalue weighted by Crippen LogP contribution is -2.19. The van der Waals surface area contributed by atoms with E-state index in [1.807, 2.05) is 20.8 Å². The van der Waals surface area contributed by atoms with Crippen LogP contribution < -0.4 is 4.74 Å². The molecular weight excluding hydrogens is 243 g/mol. The second-order valence-corrected chi connectivity index (χ2v) is 5.61. The van der Waals surface area contributed by atoms with Crippen molar-refractivity contribution in [1.82, 2.24) is 4.98 Å². The van der Waals surface area contributed by atoms with E-state index in [1.54, 1.807) is 0 Å². The number of aromatic nitrogens is 1. The van der Waals surface area contributed by atoms with Gasteiger partial charge in [0.1, 0.15) is 11.4 Å². The molecule has 1 aromatic heterocycles. The summed E-state index contributed by atoms with van der Waals surface area (Å²) < 4.78 is 43.6. The van der Waals surface area contributed by atoms with Crippen LogP contribution in [-0.2, 0) is 11.6 Å². The van der Waals surface area contributed by atoms with Crippen molar-refractivity contribution < 1.29 is 17.9 Å². The number of halogens is 3. The zero-order chi connectivity index (χ0) is 13.6. The summed E-state index contributed by atoms with van der Waals surface area (Å²) in [5.74, 6) is 0.470. The van der Waals surface area contributed by atoms with Crippen molar-refractivity contribution >= 4 is 0 Å². The predicted octanol–water partition coefficient (Wildman–Crippen LogP) is 3.94. The lowest BCUT2D eigenvalue weighted by molar-refractivity contribution is -0.141. The van der Waals surface area contributed by atoms with Crippen LogP contribution in [0.1, 0.15) is 45.0 Å². The molecule has 0 atom stereocenters. The van der Waals surface area contributed by atoms with E-state index in [1.165, 1.54) is 6.07 Å². The molecule has 1 saturated carbocycles. The Bertz CT molecular complexity index is 445. The number of alkyl halides is 3. The normalized spacial score (nSPS) is 16.8. The fraction of sp³-hybridized carbons (Fsp3) is 0.615. The zero-order valence-electron chi connectivity index (χ0n) is 10.6. The minimum Gasteiger partial charge on any atom is -0.488 e. The van der Waals surface area contributed by atoms with Gasteiger partial charge in [-0.3, -0.25) is 0 Å². The van der Waals surface area contributed by atoms with E-state index < -0.39 is 17.3 Å². The average molecular weight is 259 g/mol. The van der Waals surface area contributed by atoms with Gasteiger partial charge >= 0.3 is 6.18 Å². The lowest BCUT2D eigenvalue weighted by atomic mass is 9.90. The summed E-state index contributed by atoms with van der Waals surface area (Å²) in [5.41, 5.74) is -0.981. The minimum absolute atomic E-state index is 0.143. The molecule has 0 N–H and O–H groups in total. The van der Waals surface area contributed by atoms with Crippen molar-refractivity contribution in [1.29, 1.82) is 0 Å². The van der Waals surface area contributed by atoms with E-state index in [-0.39, 0.29) is 6.10 Å². The largest absolute Gasteiger partial charge is 0.488 e. The number of hydrogen-bond donors (Lipinski definition) is 0. The quantitative estimate of drug-likeness (QED) is 0.802. The summed E-state index contributed by atoms with van der Waals surface area (Å²) in [5, 5.41) is 0. The SMILES string of the molecule is CC(C)(C)c1nc(C(F)(F)F)ccc1OC1CC1. The number of nitrogens with zero attached hydrogens (tertiary/aromatic N) is 1. The molecule has 0 bridgehead atoms. The summed E-state index contributed by atoms with van der Waals surface area (Å²) in [4.78, 5) is 3.75. The smallest absolute Gasteiger partial charge is 0.433 e. The summed E-state index contributed by atoms with van der Waals surface area (Å²) in [6.07, 6.45) is -2.35. The Labute approximate surface area is 104 Å². The van der Waals surface area contributed by atoms with Crippen LogP contribution in [0.25, 0.3) is 0 Å². The molecule has 1 aliphatic rings. The molecule has 2 rings (SSSR count). The Morgan fingerprint density at radius 2 is 1.78 bits per heavy atom. The summed E-state index contributed by atoms with van der Waals surface area (Å²) >= 11 is 0. The Kier molecular flexibility index (Phi) is 3.03. The highest BCUT2D eigenvalue weighted by atomic mass is 19.4. The van der Waals surface area contributed by atoms with Crippen molar-refractivity contribution in [3.63, 3.8) is 0 Å². The monoisotopic (exact) mass is 259 g/mol. The van der Waals surface area contributed by atoms with Crippen LogP contribution in [-0.4, -0.2) is 11.1 Å². The Balaban J connectivity index is 2.41. The molecule has 100 valence electrons.